The molecule has 2 aromatic rings. The molecular weight excluding hydrogens is 412 g/mol. The minimum atomic E-state index is -1.24. The molecule has 0 saturated heterocycles. The van der Waals surface area contributed by atoms with Crippen molar-refractivity contribution in [3.8, 4) is 0 Å². The summed E-state index contributed by atoms with van der Waals surface area (Å²) in [6, 6.07) is 8.05. The number of rotatable bonds is 3. The Hall–Kier alpha value is -1.67. The van der Waals surface area contributed by atoms with Crippen LogP contribution >= 0.6 is 34.2 Å². The number of hydrogen-bond acceptors (Lipinski definition) is 2. The number of halogens is 3. The molecule has 0 aromatic heterocycles. The van der Waals surface area contributed by atoms with E-state index in [4.69, 9.17) is 16.7 Å². The number of anilines is 1. The summed E-state index contributed by atoms with van der Waals surface area (Å²) in [5.41, 5.74) is 0.0217. The second-order valence-corrected chi connectivity index (χ2v) is 5.68. The summed E-state index contributed by atoms with van der Waals surface area (Å²) in [5.74, 6) is -2.58. The van der Waals surface area contributed by atoms with Crippen molar-refractivity contribution in [2.45, 2.75) is 0 Å². The number of benzene rings is 2. The molecule has 0 saturated carbocycles. The van der Waals surface area contributed by atoms with Gasteiger partial charge in [0.15, 0.2) is 0 Å². The third-order valence-electron chi connectivity index (χ3n) is 2.64. The first-order chi connectivity index (χ1) is 9.88. The number of carboxylic acids is 1. The molecule has 0 radical (unpaired) electrons. The second-order valence-electron chi connectivity index (χ2n) is 4.08. The quantitative estimate of drug-likeness (QED) is 0.738. The van der Waals surface area contributed by atoms with Gasteiger partial charge >= 0.3 is 5.97 Å². The van der Waals surface area contributed by atoms with E-state index in [1.54, 1.807) is 12.1 Å². The van der Waals surface area contributed by atoms with Crippen molar-refractivity contribution in [2.24, 2.45) is 0 Å². The van der Waals surface area contributed by atoms with Crippen molar-refractivity contribution in [1.82, 2.24) is 0 Å². The van der Waals surface area contributed by atoms with E-state index in [1.807, 2.05) is 22.6 Å². The predicted octanol–water partition coefficient (Wildman–Crippen LogP) is 4.03. The van der Waals surface area contributed by atoms with Gasteiger partial charge in [0, 0.05) is 8.59 Å². The first-order valence-electron chi connectivity index (χ1n) is 5.67. The largest absolute Gasteiger partial charge is 0.478 e. The molecule has 0 atom stereocenters. The lowest BCUT2D eigenvalue weighted by Gasteiger charge is -2.09. The topological polar surface area (TPSA) is 66.4 Å². The van der Waals surface area contributed by atoms with Gasteiger partial charge in [0.2, 0.25) is 0 Å². The van der Waals surface area contributed by atoms with E-state index in [0.717, 1.165) is 6.07 Å². The van der Waals surface area contributed by atoms with Crippen LogP contribution < -0.4 is 5.32 Å². The molecule has 0 bridgehead atoms. The van der Waals surface area contributed by atoms with E-state index in [9.17, 15) is 14.0 Å². The number of hydrogen-bond donors (Lipinski definition) is 2. The van der Waals surface area contributed by atoms with E-state index in [2.05, 4.69) is 5.32 Å². The molecule has 0 unspecified atom stereocenters. The number of amides is 1. The van der Waals surface area contributed by atoms with Crippen LogP contribution in [0.1, 0.15) is 20.7 Å². The second kappa shape index (κ2) is 6.40. The zero-order valence-electron chi connectivity index (χ0n) is 10.4. The standard InChI is InChI=1S/C14H8ClFINO3/c15-8-2-3-11(17)9(6-8)13(19)18-12-4-1-7(14(20)21)5-10(12)16/h1-6H,(H,18,19)(H,20,21). The molecule has 0 spiro atoms. The average molecular weight is 420 g/mol. The van der Waals surface area contributed by atoms with Gasteiger partial charge in [-0.15, -0.1) is 0 Å². The fourth-order valence-corrected chi connectivity index (χ4v) is 2.36. The molecule has 0 aliphatic rings. The van der Waals surface area contributed by atoms with Crippen LogP contribution in [0.15, 0.2) is 36.4 Å². The number of aromatic carboxylic acids is 1. The van der Waals surface area contributed by atoms with Crippen molar-refractivity contribution in [2.75, 3.05) is 5.32 Å². The molecular formula is C14H8ClFINO3. The fraction of sp³-hybridized carbons (Fsp3) is 0. The van der Waals surface area contributed by atoms with Crippen LogP contribution in [-0.4, -0.2) is 17.0 Å². The van der Waals surface area contributed by atoms with Crippen molar-refractivity contribution in [1.29, 1.82) is 0 Å². The van der Waals surface area contributed by atoms with Crippen LogP contribution in [-0.2, 0) is 0 Å². The Kier molecular flexibility index (Phi) is 4.79. The van der Waals surface area contributed by atoms with Crippen molar-refractivity contribution >= 4 is 51.8 Å². The van der Waals surface area contributed by atoms with Crippen LogP contribution in [0, 0.1) is 9.39 Å². The summed E-state index contributed by atoms with van der Waals surface area (Å²) in [4.78, 5) is 22.8. The Morgan fingerprint density at radius 1 is 1.19 bits per heavy atom. The highest BCUT2D eigenvalue weighted by molar-refractivity contribution is 14.1. The maximum atomic E-state index is 13.8. The fourth-order valence-electron chi connectivity index (χ4n) is 1.61. The Labute approximate surface area is 138 Å². The van der Waals surface area contributed by atoms with Crippen LogP contribution in [0.4, 0.5) is 10.1 Å². The molecule has 0 aliphatic carbocycles. The number of carboxylic acid groups (broad SMARTS) is 1. The van der Waals surface area contributed by atoms with Gasteiger partial charge in [0.1, 0.15) is 5.82 Å². The molecule has 1 amide bonds. The molecule has 108 valence electrons. The van der Waals surface area contributed by atoms with Gasteiger partial charge in [-0.3, -0.25) is 4.79 Å². The van der Waals surface area contributed by atoms with Gasteiger partial charge in [0.25, 0.3) is 5.91 Å². The third kappa shape index (κ3) is 3.70. The molecule has 0 fully saturated rings. The van der Waals surface area contributed by atoms with E-state index >= 15 is 0 Å². The zero-order chi connectivity index (χ0) is 15.6. The van der Waals surface area contributed by atoms with Crippen LogP contribution in [0.2, 0.25) is 5.02 Å². The molecule has 0 aliphatic heterocycles. The smallest absolute Gasteiger partial charge is 0.335 e. The highest BCUT2D eigenvalue weighted by Crippen LogP contribution is 2.21. The van der Waals surface area contributed by atoms with Crippen LogP contribution in [0.5, 0.6) is 0 Å². The molecule has 4 nitrogen and oxygen atoms in total. The minimum absolute atomic E-state index is 0.0965. The lowest BCUT2D eigenvalue weighted by atomic mass is 10.1. The molecule has 0 heterocycles. The minimum Gasteiger partial charge on any atom is -0.478 e. The maximum absolute atomic E-state index is 13.8. The molecule has 2 N–H and O–H groups in total. The normalized spacial score (nSPS) is 10.2. The highest BCUT2D eigenvalue weighted by Gasteiger charge is 2.14. The van der Waals surface area contributed by atoms with Gasteiger partial charge in [-0.1, -0.05) is 11.6 Å². The van der Waals surface area contributed by atoms with E-state index < -0.39 is 17.7 Å². The molecule has 7 heteroatoms. The molecule has 2 aromatic carbocycles. The van der Waals surface area contributed by atoms with Gasteiger partial charge in [-0.2, -0.15) is 0 Å². The van der Waals surface area contributed by atoms with Crippen LogP contribution in [0.3, 0.4) is 0 Å². The van der Waals surface area contributed by atoms with Gasteiger partial charge < -0.3 is 10.4 Å². The monoisotopic (exact) mass is 419 g/mol. The van der Waals surface area contributed by atoms with E-state index in [0.29, 0.717) is 14.2 Å². The summed E-state index contributed by atoms with van der Waals surface area (Å²) in [6.45, 7) is 0. The maximum Gasteiger partial charge on any atom is 0.335 e. The van der Waals surface area contributed by atoms with Crippen molar-refractivity contribution < 1.29 is 19.1 Å². The van der Waals surface area contributed by atoms with Crippen molar-refractivity contribution in [3.05, 3.63) is 61.9 Å². The zero-order valence-corrected chi connectivity index (χ0v) is 13.3. The molecule has 21 heavy (non-hydrogen) atoms. The lowest BCUT2D eigenvalue weighted by molar-refractivity contribution is 0.0696. The summed E-state index contributed by atoms with van der Waals surface area (Å²) in [5, 5.41) is 11.5. The Morgan fingerprint density at radius 2 is 1.90 bits per heavy atom. The Bertz CT molecular complexity index is 736. The SMILES string of the molecule is O=C(O)c1ccc(NC(=O)c2cc(Cl)ccc2I)c(F)c1. The average Bonchev–Trinajstić information content (AvgIpc) is 2.43. The summed E-state index contributed by atoms with van der Waals surface area (Å²) in [6.07, 6.45) is 0. The summed E-state index contributed by atoms with van der Waals surface area (Å²) >= 11 is 7.79. The lowest BCUT2D eigenvalue weighted by Crippen LogP contribution is -2.14. The summed E-state index contributed by atoms with van der Waals surface area (Å²) in [7, 11) is 0. The van der Waals surface area contributed by atoms with Gasteiger partial charge in [0.05, 0.1) is 16.8 Å². The van der Waals surface area contributed by atoms with Crippen molar-refractivity contribution in [3.63, 3.8) is 0 Å². The first-order valence-corrected chi connectivity index (χ1v) is 7.13. The number of carbonyl (C=O) groups excluding carboxylic acids is 1. The summed E-state index contributed by atoms with van der Waals surface area (Å²) < 4.78 is 14.4. The predicted molar refractivity (Wildman–Crippen MR) is 85.5 cm³/mol. The van der Waals surface area contributed by atoms with Crippen LogP contribution in [0.25, 0.3) is 0 Å². The number of carbonyl (C=O) groups is 2. The molecule has 2 rings (SSSR count). The van der Waals surface area contributed by atoms with Gasteiger partial charge in [-0.05, 0) is 59.0 Å². The first kappa shape index (κ1) is 15.7. The Balaban J connectivity index is 2.27. The Morgan fingerprint density at radius 3 is 2.52 bits per heavy atom. The number of nitrogens with one attached hydrogen (secondary N) is 1. The van der Waals surface area contributed by atoms with E-state index in [1.165, 1.54) is 18.2 Å². The van der Waals surface area contributed by atoms with E-state index in [-0.39, 0.29) is 11.3 Å². The van der Waals surface area contributed by atoms with Gasteiger partial charge in [-0.25, -0.2) is 9.18 Å². The third-order valence-corrected chi connectivity index (χ3v) is 3.81. The highest BCUT2D eigenvalue weighted by atomic mass is 127.